The topological polar surface area (TPSA) is 31.2 Å². The van der Waals surface area contributed by atoms with Gasteiger partial charge in [0.1, 0.15) is 16.9 Å². The summed E-state index contributed by atoms with van der Waals surface area (Å²) in [6, 6.07) is 36.5. The fraction of sp³-hybridized carbons (Fsp3) is 0.0556. The number of aryl methyl sites for hydroxylation is 1. The van der Waals surface area contributed by atoms with E-state index in [1.807, 2.05) is 0 Å². The zero-order valence-electron chi connectivity index (χ0n) is 21.1. The molecule has 3 aromatic heterocycles. The van der Waals surface area contributed by atoms with E-state index < -0.39 is 0 Å². The van der Waals surface area contributed by atoms with E-state index in [9.17, 15) is 0 Å². The molecule has 39 heavy (non-hydrogen) atoms. The molecule has 3 nitrogen and oxygen atoms in total. The summed E-state index contributed by atoms with van der Waals surface area (Å²) in [7, 11) is 0. The standard InChI is InChI=1S/C36H23NO2/c1-4-17-29-22(10-1)23-11-2-5-18-30(23)37(29)31-19-8-16-28-34-25(13-9-21-33(34)39-36(28)31)27-15-7-14-26-24-12-3-6-20-32(24)38-35(26)27/h1-5,7-19,21H,6,20H2. The number of hydrogen-bond acceptors (Lipinski definition) is 2. The number of hydrogen-bond donors (Lipinski definition) is 0. The Morgan fingerprint density at radius 1 is 0.564 bits per heavy atom. The van der Waals surface area contributed by atoms with E-state index in [0.29, 0.717) is 0 Å². The van der Waals surface area contributed by atoms with Crippen molar-refractivity contribution in [3.63, 3.8) is 0 Å². The first kappa shape index (κ1) is 21.0. The molecule has 0 saturated carbocycles. The first-order valence-corrected chi connectivity index (χ1v) is 13.5. The summed E-state index contributed by atoms with van der Waals surface area (Å²) in [6.07, 6.45) is 6.42. The summed E-state index contributed by atoms with van der Waals surface area (Å²) in [6.45, 7) is 0. The van der Waals surface area contributed by atoms with Gasteiger partial charge < -0.3 is 13.4 Å². The van der Waals surface area contributed by atoms with E-state index in [1.54, 1.807) is 0 Å². The van der Waals surface area contributed by atoms with E-state index in [-0.39, 0.29) is 0 Å². The molecule has 184 valence electrons. The van der Waals surface area contributed by atoms with Gasteiger partial charge in [0.2, 0.25) is 0 Å². The van der Waals surface area contributed by atoms with Crippen molar-refractivity contribution in [1.29, 1.82) is 0 Å². The van der Waals surface area contributed by atoms with Crippen LogP contribution in [-0.4, -0.2) is 4.57 Å². The Morgan fingerprint density at radius 2 is 1.26 bits per heavy atom. The minimum absolute atomic E-state index is 0.879. The van der Waals surface area contributed by atoms with Gasteiger partial charge in [0, 0.05) is 44.5 Å². The van der Waals surface area contributed by atoms with E-state index in [0.717, 1.165) is 62.9 Å². The predicted octanol–water partition coefficient (Wildman–Crippen LogP) is 10.1. The molecule has 0 amide bonds. The Bertz CT molecular complexity index is 2240. The zero-order valence-corrected chi connectivity index (χ0v) is 21.1. The van der Waals surface area contributed by atoms with Crippen LogP contribution in [0, 0.1) is 0 Å². The lowest BCUT2D eigenvalue weighted by Crippen LogP contribution is -1.94. The van der Waals surface area contributed by atoms with Crippen molar-refractivity contribution in [2.45, 2.75) is 12.8 Å². The molecule has 0 atom stereocenters. The quantitative estimate of drug-likeness (QED) is 0.236. The number of allylic oxidation sites excluding steroid dienone is 1. The van der Waals surface area contributed by atoms with Gasteiger partial charge >= 0.3 is 0 Å². The Morgan fingerprint density at radius 3 is 2.10 bits per heavy atom. The van der Waals surface area contributed by atoms with Crippen molar-refractivity contribution >= 4 is 60.8 Å². The van der Waals surface area contributed by atoms with Crippen molar-refractivity contribution in [3.05, 3.63) is 121 Å². The van der Waals surface area contributed by atoms with Gasteiger partial charge in [0.05, 0.1) is 16.7 Å². The molecule has 0 fully saturated rings. The molecule has 0 radical (unpaired) electrons. The monoisotopic (exact) mass is 501 g/mol. The summed E-state index contributed by atoms with van der Waals surface area (Å²) in [4.78, 5) is 0. The first-order valence-electron chi connectivity index (χ1n) is 13.5. The fourth-order valence-corrected chi connectivity index (χ4v) is 6.60. The third kappa shape index (κ3) is 2.82. The second-order valence-electron chi connectivity index (χ2n) is 10.4. The number of aromatic nitrogens is 1. The molecule has 1 aliphatic rings. The Balaban J connectivity index is 1.37. The van der Waals surface area contributed by atoms with Crippen LogP contribution in [0.5, 0.6) is 0 Å². The van der Waals surface area contributed by atoms with Gasteiger partial charge in [-0.1, -0.05) is 91.0 Å². The third-order valence-corrected chi connectivity index (χ3v) is 8.27. The molecule has 0 N–H and O–H groups in total. The smallest absolute Gasteiger partial charge is 0.159 e. The maximum absolute atomic E-state index is 6.70. The lowest BCUT2D eigenvalue weighted by atomic mass is 9.96. The second kappa shape index (κ2) is 7.75. The molecule has 0 spiro atoms. The summed E-state index contributed by atoms with van der Waals surface area (Å²) in [5, 5.41) is 5.88. The van der Waals surface area contributed by atoms with Gasteiger partial charge in [0.15, 0.2) is 5.58 Å². The summed E-state index contributed by atoms with van der Waals surface area (Å²) < 4.78 is 15.5. The Hall–Kier alpha value is -5.02. The van der Waals surface area contributed by atoms with Gasteiger partial charge in [0.25, 0.3) is 0 Å². The second-order valence-corrected chi connectivity index (χ2v) is 10.4. The number of fused-ring (bicyclic) bond motifs is 9. The van der Waals surface area contributed by atoms with Crippen LogP contribution in [0.3, 0.4) is 0 Å². The lowest BCUT2D eigenvalue weighted by molar-refractivity contribution is 0.547. The van der Waals surface area contributed by atoms with E-state index in [1.165, 1.54) is 32.8 Å². The molecular weight excluding hydrogens is 478 g/mol. The molecule has 5 aromatic carbocycles. The van der Waals surface area contributed by atoms with Gasteiger partial charge in [-0.2, -0.15) is 0 Å². The molecule has 0 unspecified atom stereocenters. The van der Waals surface area contributed by atoms with E-state index >= 15 is 0 Å². The van der Waals surface area contributed by atoms with Crippen LogP contribution < -0.4 is 0 Å². The van der Waals surface area contributed by atoms with Gasteiger partial charge in [-0.15, -0.1) is 0 Å². The molecule has 9 rings (SSSR count). The number of rotatable bonds is 2. The van der Waals surface area contributed by atoms with Crippen molar-refractivity contribution in [2.75, 3.05) is 0 Å². The number of nitrogens with zero attached hydrogens (tertiary/aromatic N) is 1. The van der Waals surface area contributed by atoms with Crippen LogP contribution in [-0.2, 0) is 6.42 Å². The van der Waals surface area contributed by atoms with E-state index in [2.05, 4.69) is 120 Å². The van der Waals surface area contributed by atoms with Crippen molar-refractivity contribution in [1.82, 2.24) is 4.57 Å². The van der Waals surface area contributed by atoms with Crippen LogP contribution in [0.25, 0.3) is 77.6 Å². The van der Waals surface area contributed by atoms with Crippen LogP contribution in [0.2, 0.25) is 0 Å². The maximum atomic E-state index is 6.70. The highest BCUT2D eigenvalue weighted by Gasteiger charge is 2.22. The van der Waals surface area contributed by atoms with Gasteiger partial charge in [-0.3, -0.25) is 0 Å². The molecule has 0 aliphatic heterocycles. The van der Waals surface area contributed by atoms with Gasteiger partial charge in [-0.05, 0) is 36.2 Å². The lowest BCUT2D eigenvalue weighted by Gasteiger charge is -2.08. The minimum atomic E-state index is 0.879. The number of para-hydroxylation sites is 4. The summed E-state index contributed by atoms with van der Waals surface area (Å²) in [5.74, 6) is 1.08. The van der Waals surface area contributed by atoms with Crippen molar-refractivity contribution in [3.8, 4) is 16.8 Å². The first-order chi connectivity index (χ1) is 19.4. The molecule has 3 heteroatoms. The molecule has 8 aromatic rings. The largest absolute Gasteiger partial charge is 0.460 e. The summed E-state index contributed by atoms with van der Waals surface area (Å²) in [5.41, 5.74) is 9.56. The van der Waals surface area contributed by atoms with Crippen LogP contribution >= 0.6 is 0 Å². The normalized spacial score (nSPS) is 13.3. The van der Waals surface area contributed by atoms with Gasteiger partial charge in [-0.25, -0.2) is 0 Å². The Labute approximate surface area is 224 Å². The zero-order chi connectivity index (χ0) is 25.5. The average Bonchev–Trinajstić information content (AvgIpc) is 3.67. The third-order valence-electron chi connectivity index (χ3n) is 8.27. The summed E-state index contributed by atoms with van der Waals surface area (Å²) >= 11 is 0. The average molecular weight is 502 g/mol. The van der Waals surface area contributed by atoms with Crippen molar-refractivity contribution in [2.24, 2.45) is 0 Å². The molecule has 3 heterocycles. The molecular formula is C36H23NO2. The minimum Gasteiger partial charge on any atom is -0.460 e. The molecule has 0 saturated heterocycles. The fourth-order valence-electron chi connectivity index (χ4n) is 6.60. The SMILES string of the molecule is C1=Cc2c(oc3c(-c4cccc5oc6c(-n7c8ccccc8c8ccccc87)cccc6c45)cccc23)CC1. The van der Waals surface area contributed by atoms with Crippen molar-refractivity contribution < 1.29 is 8.83 Å². The molecule has 1 aliphatic carbocycles. The molecule has 0 bridgehead atoms. The van der Waals surface area contributed by atoms with E-state index in [4.69, 9.17) is 8.83 Å². The van der Waals surface area contributed by atoms with Crippen LogP contribution in [0.1, 0.15) is 17.7 Å². The Kier molecular flexibility index (Phi) is 4.17. The highest BCUT2D eigenvalue weighted by Crippen LogP contribution is 2.44. The maximum Gasteiger partial charge on any atom is 0.159 e. The number of furan rings is 2. The highest BCUT2D eigenvalue weighted by molar-refractivity contribution is 6.17. The van der Waals surface area contributed by atoms with Crippen LogP contribution in [0.4, 0.5) is 0 Å². The van der Waals surface area contributed by atoms with Crippen LogP contribution in [0.15, 0.2) is 118 Å². The predicted molar refractivity (Wildman–Crippen MR) is 161 cm³/mol. The number of benzene rings is 5. The highest BCUT2D eigenvalue weighted by atomic mass is 16.3.